The summed E-state index contributed by atoms with van der Waals surface area (Å²) in [6.45, 7) is 7.12. The summed E-state index contributed by atoms with van der Waals surface area (Å²) in [5, 5.41) is 6.07. The maximum Gasteiger partial charge on any atom is 0.415 e. The lowest BCUT2D eigenvalue weighted by Crippen LogP contribution is -2.49. The Bertz CT molecular complexity index is 1170. The Balaban J connectivity index is 1.05. The molecule has 200 valence electrons. The quantitative estimate of drug-likeness (QED) is 0.451. The second kappa shape index (κ2) is 13.0. The Kier molecular flexibility index (Phi) is 9.01. The van der Waals surface area contributed by atoms with Crippen LogP contribution in [0.25, 0.3) is 0 Å². The first-order chi connectivity index (χ1) is 18.6. The molecule has 5 rings (SSSR count). The molecule has 2 aliphatic rings. The average molecular weight is 534 g/mol. The first-order valence-corrected chi connectivity index (χ1v) is 14.3. The first-order valence-electron chi connectivity index (χ1n) is 13.4. The maximum absolute atomic E-state index is 12.7. The van der Waals surface area contributed by atoms with Crippen molar-refractivity contribution >= 4 is 29.0 Å². The summed E-state index contributed by atoms with van der Waals surface area (Å²) in [4.78, 5) is 36.2. The molecular formula is C29H35N5O3S. The summed E-state index contributed by atoms with van der Waals surface area (Å²) >= 11 is 1.68. The number of amides is 2. The summed E-state index contributed by atoms with van der Waals surface area (Å²) < 4.78 is 5.57. The van der Waals surface area contributed by atoms with Gasteiger partial charge in [0, 0.05) is 68.5 Å². The smallest absolute Gasteiger partial charge is 0.410 e. The zero-order chi connectivity index (χ0) is 26.2. The average Bonchev–Trinajstić information content (AvgIpc) is 3.48. The molecule has 0 spiro atoms. The molecule has 9 heteroatoms. The molecule has 2 aliphatic heterocycles. The van der Waals surface area contributed by atoms with E-state index < -0.39 is 0 Å². The van der Waals surface area contributed by atoms with Gasteiger partial charge in [-0.3, -0.25) is 14.6 Å². The number of carbonyl (C=O) groups excluding carboxylic acids is 2. The number of carbonyl (C=O) groups is 2. The lowest BCUT2D eigenvalue weighted by molar-refractivity contribution is 0.102. The second-order valence-electron chi connectivity index (χ2n) is 9.88. The zero-order valence-corrected chi connectivity index (χ0v) is 22.5. The maximum atomic E-state index is 12.7. The van der Waals surface area contributed by atoms with Gasteiger partial charge in [-0.05, 0) is 67.9 Å². The van der Waals surface area contributed by atoms with Crippen molar-refractivity contribution in [2.24, 2.45) is 0 Å². The highest BCUT2D eigenvalue weighted by Crippen LogP contribution is 2.19. The van der Waals surface area contributed by atoms with Crippen LogP contribution < -0.4 is 10.1 Å². The molecule has 0 unspecified atom stereocenters. The number of nitrogens with zero attached hydrogens (tertiary/aromatic N) is 4. The zero-order valence-electron chi connectivity index (χ0n) is 21.7. The number of rotatable bonds is 8. The molecule has 38 heavy (non-hydrogen) atoms. The van der Waals surface area contributed by atoms with E-state index in [1.807, 2.05) is 35.8 Å². The SMILES string of the molecule is O=C(Nc1ccc(OC(=O)N2CCN(CCc3nccs3)CC2)cc1)c1ccc(CN2CCCCC2)cc1. The molecule has 3 aromatic rings. The highest BCUT2D eigenvalue weighted by Gasteiger charge is 2.22. The highest BCUT2D eigenvalue weighted by molar-refractivity contribution is 7.09. The Hall–Kier alpha value is -3.27. The van der Waals surface area contributed by atoms with Crippen LogP contribution in [0.1, 0.15) is 40.2 Å². The van der Waals surface area contributed by atoms with E-state index in [0.717, 1.165) is 50.7 Å². The fraction of sp³-hybridized carbons (Fsp3) is 0.414. The third-order valence-electron chi connectivity index (χ3n) is 7.14. The van der Waals surface area contributed by atoms with Gasteiger partial charge in [0.1, 0.15) is 5.75 Å². The van der Waals surface area contributed by atoms with Gasteiger partial charge in [-0.25, -0.2) is 9.78 Å². The molecule has 2 fully saturated rings. The van der Waals surface area contributed by atoms with Crippen molar-refractivity contribution in [2.45, 2.75) is 32.2 Å². The molecule has 0 saturated carbocycles. The normalized spacial score (nSPS) is 16.8. The number of anilines is 1. The van der Waals surface area contributed by atoms with Crippen molar-refractivity contribution < 1.29 is 14.3 Å². The Morgan fingerprint density at radius 2 is 1.61 bits per heavy atom. The van der Waals surface area contributed by atoms with E-state index in [2.05, 4.69) is 20.1 Å². The van der Waals surface area contributed by atoms with Crippen LogP contribution in [0.2, 0.25) is 0 Å². The number of piperazine rings is 1. The minimum atomic E-state index is -0.342. The molecule has 0 aliphatic carbocycles. The van der Waals surface area contributed by atoms with Gasteiger partial charge < -0.3 is 15.0 Å². The minimum Gasteiger partial charge on any atom is -0.410 e. The van der Waals surface area contributed by atoms with Crippen LogP contribution >= 0.6 is 11.3 Å². The van der Waals surface area contributed by atoms with Crippen LogP contribution in [0.3, 0.4) is 0 Å². The Morgan fingerprint density at radius 1 is 0.868 bits per heavy atom. The monoisotopic (exact) mass is 533 g/mol. The van der Waals surface area contributed by atoms with Gasteiger partial charge in [-0.1, -0.05) is 18.6 Å². The standard InChI is InChI=1S/C29H35N5O3S/c35-28(24-6-4-23(5-7-24)22-33-14-2-1-3-15-33)31-25-8-10-26(11-9-25)37-29(36)34-19-17-32(18-20-34)16-12-27-30-13-21-38-27/h4-11,13,21H,1-3,12,14-20,22H2,(H,31,35). The summed E-state index contributed by atoms with van der Waals surface area (Å²) in [6, 6.07) is 14.7. The lowest BCUT2D eigenvalue weighted by atomic mass is 10.1. The molecule has 8 nitrogen and oxygen atoms in total. The van der Waals surface area contributed by atoms with Gasteiger partial charge in [0.2, 0.25) is 0 Å². The van der Waals surface area contributed by atoms with Crippen molar-refractivity contribution in [3.63, 3.8) is 0 Å². The molecule has 2 saturated heterocycles. The molecule has 1 N–H and O–H groups in total. The van der Waals surface area contributed by atoms with Crippen LogP contribution in [-0.4, -0.2) is 77.5 Å². The van der Waals surface area contributed by atoms with Gasteiger partial charge in [0.15, 0.2) is 0 Å². The third kappa shape index (κ3) is 7.40. The molecule has 3 heterocycles. The summed E-state index contributed by atoms with van der Waals surface area (Å²) in [6.07, 6.45) is 6.30. The number of hydrogen-bond acceptors (Lipinski definition) is 7. The molecule has 1 aromatic heterocycles. The number of aromatic nitrogens is 1. The summed E-state index contributed by atoms with van der Waals surface area (Å²) in [7, 11) is 0. The number of piperidine rings is 1. The van der Waals surface area contributed by atoms with E-state index in [-0.39, 0.29) is 12.0 Å². The minimum absolute atomic E-state index is 0.160. The number of ether oxygens (including phenoxy) is 1. The molecule has 0 radical (unpaired) electrons. The van der Waals surface area contributed by atoms with Crippen molar-refractivity contribution in [2.75, 3.05) is 51.1 Å². The Labute approximate surface area is 228 Å². The van der Waals surface area contributed by atoms with Crippen LogP contribution in [0.5, 0.6) is 5.75 Å². The van der Waals surface area contributed by atoms with E-state index in [9.17, 15) is 9.59 Å². The largest absolute Gasteiger partial charge is 0.415 e. The van der Waals surface area contributed by atoms with Crippen molar-refractivity contribution in [3.8, 4) is 5.75 Å². The van der Waals surface area contributed by atoms with Gasteiger partial charge >= 0.3 is 6.09 Å². The second-order valence-corrected chi connectivity index (χ2v) is 10.9. The van der Waals surface area contributed by atoms with Gasteiger partial charge in [0.05, 0.1) is 5.01 Å². The molecule has 2 aromatic carbocycles. The molecule has 0 atom stereocenters. The number of likely N-dealkylation sites (tertiary alicyclic amines) is 1. The summed E-state index contributed by atoms with van der Waals surface area (Å²) in [5.74, 6) is 0.299. The number of benzene rings is 2. The topological polar surface area (TPSA) is 78.0 Å². The molecule has 2 amide bonds. The fourth-order valence-electron chi connectivity index (χ4n) is 4.90. The van der Waals surface area contributed by atoms with E-state index >= 15 is 0 Å². The summed E-state index contributed by atoms with van der Waals surface area (Å²) in [5.41, 5.74) is 2.50. The highest BCUT2D eigenvalue weighted by atomic mass is 32.1. The predicted octanol–water partition coefficient (Wildman–Crippen LogP) is 4.74. The van der Waals surface area contributed by atoms with Crippen molar-refractivity contribution in [3.05, 3.63) is 76.2 Å². The van der Waals surface area contributed by atoms with E-state index in [4.69, 9.17) is 4.74 Å². The van der Waals surface area contributed by atoms with Crippen LogP contribution in [0.4, 0.5) is 10.5 Å². The predicted molar refractivity (Wildman–Crippen MR) is 150 cm³/mol. The van der Waals surface area contributed by atoms with E-state index in [1.54, 1.807) is 40.5 Å². The number of hydrogen-bond donors (Lipinski definition) is 1. The van der Waals surface area contributed by atoms with Crippen molar-refractivity contribution in [1.29, 1.82) is 0 Å². The van der Waals surface area contributed by atoms with Gasteiger partial charge in [0.25, 0.3) is 5.91 Å². The van der Waals surface area contributed by atoms with E-state index in [1.165, 1.54) is 24.8 Å². The molecular weight excluding hydrogens is 498 g/mol. The van der Waals surface area contributed by atoms with Gasteiger partial charge in [-0.15, -0.1) is 11.3 Å². The number of nitrogens with one attached hydrogen (secondary N) is 1. The first kappa shape index (κ1) is 26.3. The van der Waals surface area contributed by atoms with Crippen LogP contribution in [0.15, 0.2) is 60.1 Å². The van der Waals surface area contributed by atoms with Crippen LogP contribution in [-0.2, 0) is 13.0 Å². The van der Waals surface area contributed by atoms with E-state index in [0.29, 0.717) is 30.1 Å². The lowest BCUT2D eigenvalue weighted by Gasteiger charge is -2.33. The van der Waals surface area contributed by atoms with Crippen molar-refractivity contribution in [1.82, 2.24) is 19.7 Å². The third-order valence-corrected chi connectivity index (χ3v) is 7.98. The number of thiazole rings is 1. The fourth-order valence-corrected chi connectivity index (χ4v) is 5.51. The molecule has 0 bridgehead atoms. The van der Waals surface area contributed by atoms with Crippen LogP contribution in [0, 0.1) is 0 Å². The van der Waals surface area contributed by atoms with Gasteiger partial charge in [-0.2, -0.15) is 0 Å². The Morgan fingerprint density at radius 3 is 2.29 bits per heavy atom.